The molecule has 0 aliphatic carbocycles. The van der Waals surface area contributed by atoms with Gasteiger partial charge in [0.25, 0.3) is 0 Å². The summed E-state index contributed by atoms with van der Waals surface area (Å²) >= 11 is 9.33. The number of sulfonamides is 1. The third-order valence-electron chi connectivity index (χ3n) is 3.56. The Kier molecular flexibility index (Phi) is 5.48. The Morgan fingerprint density at radius 2 is 2.05 bits per heavy atom. The topological polar surface area (TPSA) is 49.4 Å². The summed E-state index contributed by atoms with van der Waals surface area (Å²) in [5, 5.41) is 3.53. The molecule has 0 radical (unpaired) electrons. The molecule has 4 nitrogen and oxygen atoms in total. The van der Waals surface area contributed by atoms with E-state index in [-0.39, 0.29) is 9.92 Å². The summed E-state index contributed by atoms with van der Waals surface area (Å²) in [6.07, 6.45) is 2.02. The molecule has 1 N–H and O–H groups in total. The Bertz CT molecular complexity index is 574. The first-order chi connectivity index (χ1) is 9.41. The number of benzene rings is 1. The standard InChI is InChI=1S/C13H18BrClN2O2S/c1-17(9-10-4-6-16-7-5-10)20(18,19)13-3-2-11(14)8-12(13)15/h2-3,8,10,16H,4-7,9H2,1H3. The molecule has 1 aromatic carbocycles. The van der Waals surface area contributed by atoms with Crippen LogP contribution in [0, 0.1) is 5.92 Å². The van der Waals surface area contributed by atoms with E-state index in [1.54, 1.807) is 25.2 Å². The van der Waals surface area contributed by atoms with Crippen LogP contribution in [0.25, 0.3) is 0 Å². The number of rotatable bonds is 4. The van der Waals surface area contributed by atoms with Crippen LogP contribution >= 0.6 is 27.5 Å². The monoisotopic (exact) mass is 380 g/mol. The molecule has 0 saturated carbocycles. The molecular formula is C13H18BrClN2O2S. The van der Waals surface area contributed by atoms with Crippen molar-refractivity contribution < 1.29 is 8.42 Å². The lowest BCUT2D eigenvalue weighted by Gasteiger charge is -2.27. The fourth-order valence-corrected chi connectivity index (χ4v) is 4.63. The summed E-state index contributed by atoms with van der Waals surface area (Å²) in [6, 6.07) is 4.84. The summed E-state index contributed by atoms with van der Waals surface area (Å²) in [5.41, 5.74) is 0. The first-order valence-corrected chi connectivity index (χ1v) is 9.14. The zero-order valence-corrected chi connectivity index (χ0v) is 14.4. The van der Waals surface area contributed by atoms with Crippen LogP contribution in [0.15, 0.2) is 27.6 Å². The molecule has 20 heavy (non-hydrogen) atoms. The van der Waals surface area contributed by atoms with Crippen LogP contribution in [0.3, 0.4) is 0 Å². The maximum absolute atomic E-state index is 12.5. The highest BCUT2D eigenvalue weighted by molar-refractivity contribution is 9.10. The number of nitrogens with one attached hydrogen (secondary N) is 1. The highest BCUT2D eigenvalue weighted by Gasteiger charge is 2.26. The molecule has 0 bridgehead atoms. The molecule has 112 valence electrons. The third kappa shape index (κ3) is 3.74. The summed E-state index contributed by atoms with van der Waals surface area (Å²) in [5.74, 6) is 0.408. The molecule has 0 aromatic heterocycles. The molecule has 0 amide bonds. The fourth-order valence-electron chi connectivity index (χ4n) is 2.38. The first kappa shape index (κ1) is 16.2. The molecule has 1 aliphatic rings. The predicted octanol–water partition coefficient (Wildman–Crippen LogP) is 2.72. The summed E-state index contributed by atoms with van der Waals surface area (Å²) in [4.78, 5) is 0.166. The van der Waals surface area contributed by atoms with Crippen molar-refractivity contribution in [1.82, 2.24) is 9.62 Å². The van der Waals surface area contributed by atoms with Gasteiger partial charge in [0.1, 0.15) is 4.90 Å². The van der Waals surface area contributed by atoms with Crippen molar-refractivity contribution in [2.24, 2.45) is 5.92 Å². The second-order valence-corrected chi connectivity index (χ2v) is 8.39. The van der Waals surface area contributed by atoms with Crippen molar-refractivity contribution in [2.75, 3.05) is 26.7 Å². The molecule has 0 atom stereocenters. The van der Waals surface area contributed by atoms with Crippen LogP contribution in [0.4, 0.5) is 0 Å². The van der Waals surface area contributed by atoms with Crippen molar-refractivity contribution in [3.05, 3.63) is 27.7 Å². The minimum absolute atomic E-state index is 0.166. The van der Waals surface area contributed by atoms with E-state index in [2.05, 4.69) is 21.2 Å². The SMILES string of the molecule is CN(CC1CCNCC1)S(=O)(=O)c1ccc(Br)cc1Cl. The van der Waals surface area contributed by atoms with E-state index < -0.39 is 10.0 Å². The second-order valence-electron chi connectivity index (χ2n) is 5.05. The van der Waals surface area contributed by atoms with Crippen LogP contribution < -0.4 is 5.32 Å². The van der Waals surface area contributed by atoms with Gasteiger partial charge in [-0.15, -0.1) is 0 Å². The molecule has 1 aromatic rings. The van der Waals surface area contributed by atoms with Crippen molar-refractivity contribution in [2.45, 2.75) is 17.7 Å². The van der Waals surface area contributed by atoms with E-state index in [1.807, 2.05) is 0 Å². The van der Waals surface area contributed by atoms with E-state index in [9.17, 15) is 8.42 Å². The number of hydrogen-bond acceptors (Lipinski definition) is 3. The first-order valence-electron chi connectivity index (χ1n) is 6.53. The summed E-state index contributed by atoms with van der Waals surface area (Å²) < 4.78 is 27.3. The van der Waals surface area contributed by atoms with Gasteiger partial charge >= 0.3 is 0 Å². The largest absolute Gasteiger partial charge is 0.317 e. The molecule has 1 fully saturated rings. The molecule has 0 unspecified atom stereocenters. The van der Waals surface area contributed by atoms with Crippen LogP contribution in [-0.2, 0) is 10.0 Å². The van der Waals surface area contributed by atoms with Gasteiger partial charge in [0, 0.05) is 18.1 Å². The van der Waals surface area contributed by atoms with Crippen molar-refractivity contribution >= 4 is 37.6 Å². The van der Waals surface area contributed by atoms with Crippen LogP contribution in [0.2, 0.25) is 5.02 Å². The van der Waals surface area contributed by atoms with Crippen LogP contribution in [-0.4, -0.2) is 39.4 Å². The van der Waals surface area contributed by atoms with Gasteiger partial charge in [-0.05, 0) is 50.0 Å². The van der Waals surface area contributed by atoms with Crippen LogP contribution in [0.5, 0.6) is 0 Å². The van der Waals surface area contributed by atoms with Gasteiger partial charge in [0.05, 0.1) is 5.02 Å². The van der Waals surface area contributed by atoms with Gasteiger partial charge in [0.15, 0.2) is 0 Å². The lowest BCUT2D eigenvalue weighted by atomic mass is 9.98. The Morgan fingerprint density at radius 1 is 1.40 bits per heavy atom. The van der Waals surface area contributed by atoms with Gasteiger partial charge < -0.3 is 5.32 Å². The molecular weight excluding hydrogens is 364 g/mol. The quantitative estimate of drug-likeness (QED) is 0.872. The molecule has 0 spiro atoms. The minimum atomic E-state index is -3.53. The molecule has 7 heteroatoms. The predicted molar refractivity (Wildman–Crippen MR) is 84.6 cm³/mol. The third-order valence-corrected chi connectivity index (χ3v) is 6.36. The van der Waals surface area contributed by atoms with Gasteiger partial charge in [-0.3, -0.25) is 0 Å². The average Bonchev–Trinajstić information content (AvgIpc) is 2.39. The number of piperidine rings is 1. The number of hydrogen-bond donors (Lipinski definition) is 1. The van der Waals surface area contributed by atoms with Gasteiger partial charge in [-0.25, -0.2) is 12.7 Å². The van der Waals surface area contributed by atoms with Crippen molar-refractivity contribution in [1.29, 1.82) is 0 Å². The Balaban J connectivity index is 2.16. The van der Waals surface area contributed by atoms with Gasteiger partial charge in [-0.2, -0.15) is 0 Å². The highest BCUT2D eigenvalue weighted by atomic mass is 79.9. The number of halogens is 2. The van der Waals surface area contributed by atoms with Gasteiger partial charge in [-0.1, -0.05) is 27.5 Å². The Morgan fingerprint density at radius 3 is 2.65 bits per heavy atom. The molecule has 1 saturated heterocycles. The maximum Gasteiger partial charge on any atom is 0.244 e. The lowest BCUT2D eigenvalue weighted by Crippen LogP contribution is -2.37. The molecule has 1 heterocycles. The van der Waals surface area contributed by atoms with Gasteiger partial charge in [0.2, 0.25) is 10.0 Å². The normalized spacial score (nSPS) is 17.6. The summed E-state index contributed by atoms with van der Waals surface area (Å²) in [7, 11) is -1.90. The smallest absolute Gasteiger partial charge is 0.244 e. The van der Waals surface area contributed by atoms with Crippen LogP contribution in [0.1, 0.15) is 12.8 Å². The fraction of sp³-hybridized carbons (Fsp3) is 0.538. The molecule has 2 rings (SSSR count). The second kappa shape index (κ2) is 6.75. The lowest BCUT2D eigenvalue weighted by molar-refractivity contribution is 0.311. The Hall–Kier alpha value is -0.140. The van der Waals surface area contributed by atoms with E-state index in [1.165, 1.54) is 4.31 Å². The number of nitrogens with zero attached hydrogens (tertiary/aromatic N) is 1. The van der Waals surface area contributed by atoms with Crippen molar-refractivity contribution in [3.63, 3.8) is 0 Å². The Labute approximate surface area is 133 Å². The highest BCUT2D eigenvalue weighted by Crippen LogP contribution is 2.28. The van der Waals surface area contributed by atoms with E-state index in [0.717, 1.165) is 30.4 Å². The zero-order chi connectivity index (χ0) is 14.8. The molecule has 1 aliphatic heterocycles. The minimum Gasteiger partial charge on any atom is -0.317 e. The average molecular weight is 382 g/mol. The zero-order valence-electron chi connectivity index (χ0n) is 11.3. The van der Waals surface area contributed by atoms with E-state index >= 15 is 0 Å². The summed E-state index contributed by atoms with van der Waals surface area (Å²) in [6.45, 7) is 2.45. The maximum atomic E-state index is 12.5. The van der Waals surface area contributed by atoms with E-state index in [4.69, 9.17) is 11.6 Å². The van der Waals surface area contributed by atoms with Crippen molar-refractivity contribution in [3.8, 4) is 0 Å². The van der Waals surface area contributed by atoms with E-state index in [0.29, 0.717) is 12.5 Å².